The van der Waals surface area contributed by atoms with E-state index in [0.29, 0.717) is 40.7 Å². The van der Waals surface area contributed by atoms with Crippen LogP contribution >= 0.6 is 11.6 Å². The highest BCUT2D eigenvalue weighted by Gasteiger charge is 2.27. The van der Waals surface area contributed by atoms with E-state index in [1.807, 2.05) is 32.0 Å². The molecule has 5 rings (SSSR count). The summed E-state index contributed by atoms with van der Waals surface area (Å²) in [6, 6.07) is 8.82. The average molecular weight is 539 g/mol. The lowest BCUT2D eigenvalue weighted by Crippen LogP contribution is -2.43. The predicted octanol–water partition coefficient (Wildman–Crippen LogP) is 4.04. The second-order valence-electron chi connectivity index (χ2n) is 9.56. The lowest BCUT2D eigenvalue weighted by atomic mass is 9.98. The summed E-state index contributed by atoms with van der Waals surface area (Å²) in [5, 5.41) is 19.9. The SMILES string of the molecule is Cc1cc(C)cc(-c2c(OCCC3CCCCN3C(=O)O)c3cc(-n4nn[nH]c4=O)c(Cl)cc3[nH]c2=O)c1. The van der Waals surface area contributed by atoms with Gasteiger partial charge in [-0.2, -0.15) is 4.68 Å². The first-order chi connectivity index (χ1) is 18.2. The minimum Gasteiger partial charge on any atom is -0.492 e. The Morgan fingerprint density at radius 3 is 2.61 bits per heavy atom. The molecule has 1 aliphatic rings. The van der Waals surface area contributed by atoms with Gasteiger partial charge in [-0.15, -0.1) is 0 Å². The fourth-order valence-electron chi connectivity index (χ4n) is 5.17. The highest BCUT2D eigenvalue weighted by molar-refractivity contribution is 6.33. The third-order valence-corrected chi connectivity index (χ3v) is 7.12. The first kappa shape index (κ1) is 25.5. The number of hydrogen-bond acceptors (Lipinski definition) is 6. The molecule has 1 unspecified atom stereocenters. The molecule has 1 atom stereocenters. The monoisotopic (exact) mass is 538 g/mol. The van der Waals surface area contributed by atoms with Crippen LogP contribution < -0.4 is 16.0 Å². The number of aromatic nitrogens is 5. The van der Waals surface area contributed by atoms with Crippen molar-refractivity contribution in [1.29, 1.82) is 0 Å². The number of tetrazole rings is 1. The van der Waals surface area contributed by atoms with E-state index in [9.17, 15) is 19.5 Å². The number of nitrogens with zero attached hydrogens (tertiary/aromatic N) is 4. The third-order valence-electron chi connectivity index (χ3n) is 6.81. The summed E-state index contributed by atoms with van der Waals surface area (Å²) in [6.07, 6.45) is 2.07. The van der Waals surface area contributed by atoms with Crippen molar-refractivity contribution in [3.63, 3.8) is 0 Å². The van der Waals surface area contributed by atoms with Crippen LogP contribution in [0.1, 0.15) is 36.8 Å². The largest absolute Gasteiger partial charge is 0.492 e. The van der Waals surface area contributed by atoms with Gasteiger partial charge in [-0.25, -0.2) is 14.7 Å². The third kappa shape index (κ3) is 4.89. The zero-order chi connectivity index (χ0) is 27.0. The second kappa shape index (κ2) is 10.3. The van der Waals surface area contributed by atoms with Gasteiger partial charge in [0.05, 0.1) is 28.4 Å². The van der Waals surface area contributed by atoms with E-state index in [1.165, 1.54) is 4.90 Å². The van der Waals surface area contributed by atoms with Crippen LogP contribution in [0.5, 0.6) is 5.75 Å². The molecule has 0 radical (unpaired) electrons. The summed E-state index contributed by atoms with van der Waals surface area (Å²) in [5.74, 6) is 0.320. The number of fused-ring (bicyclic) bond motifs is 1. The van der Waals surface area contributed by atoms with Crippen LogP contribution in [0.2, 0.25) is 5.02 Å². The van der Waals surface area contributed by atoms with Gasteiger partial charge in [0.1, 0.15) is 5.75 Å². The topological polar surface area (TPSA) is 146 Å². The maximum atomic E-state index is 13.4. The summed E-state index contributed by atoms with van der Waals surface area (Å²) in [4.78, 5) is 41.7. The molecule has 4 aromatic rings. The number of halogens is 1. The van der Waals surface area contributed by atoms with Crippen molar-refractivity contribution in [2.75, 3.05) is 13.2 Å². The van der Waals surface area contributed by atoms with Gasteiger partial charge < -0.3 is 19.7 Å². The van der Waals surface area contributed by atoms with E-state index in [1.54, 1.807) is 12.1 Å². The van der Waals surface area contributed by atoms with Crippen molar-refractivity contribution in [1.82, 2.24) is 30.1 Å². The Morgan fingerprint density at radius 2 is 1.92 bits per heavy atom. The van der Waals surface area contributed by atoms with Crippen LogP contribution in [0.3, 0.4) is 0 Å². The molecule has 2 aromatic heterocycles. The summed E-state index contributed by atoms with van der Waals surface area (Å²) >= 11 is 6.46. The fourth-order valence-corrected chi connectivity index (χ4v) is 5.42. The van der Waals surface area contributed by atoms with E-state index in [0.717, 1.165) is 35.1 Å². The number of aromatic amines is 2. The zero-order valence-corrected chi connectivity index (χ0v) is 21.7. The van der Waals surface area contributed by atoms with Crippen molar-refractivity contribution < 1.29 is 14.6 Å². The number of aryl methyl sites for hydroxylation is 2. The molecule has 1 saturated heterocycles. The van der Waals surface area contributed by atoms with Crippen LogP contribution in [0.15, 0.2) is 39.9 Å². The smallest absolute Gasteiger partial charge is 0.407 e. The maximum absolute atomic E-state index is 13.4. The van der Waals surface area contributed by atoms with Gasteiger partial charge in [0.15, 0.2) is 0 Å². The number of hydrogen-bond donors (Lipinski definition) is 3. The average Bonchev–Trinajstić information content (AvgIpc) is 3.28. The molecule has 2 aromatic carbocycles. The Kier molecular flexibility index (Phi) is 6.94. The number of benzene rings is 2. The number of likely N-dealkylation sites (tertiary alicyclic amines) is 1. The number of rotatable bonds is 6. The molecule has 1 fully saturated rings. The standard InChI is InChI=1S/C26H27ClN6O5/c1-14-9-15(2)11-16(10-14)22-23(38-8-6-17-5-3-4-7-32(17)26(36)37)18-12-21(33-25(35)29-30-31-33)19(27)13-20(18)28-24(22)34/h9-13,17H,3-8H2,1-2H3,(H,28,34)(H,36,37)(H,29,31,35). The molecule has 0 saturated carbocycles. The van der Waals surface area contributed by atoms with Crippen LogP contribution in [0.25, 0.3) is 27.7 Å². The molecule has 11 nitrogen and oxygen atoms in total. The van der Waals surface area contributed by atoms with Crippen LogP contribution in [-0.2, 0) is 0 Å². The van der Waals surface area contributed by atoms with E-state index in [2.05, 4.69) is 20.5 Å². The molecular formula is C26H27ClN6O5. The molecular weight excluding hydrogens is 512 g/mol. The van der Waals surface area contributed by atoms with E-state index in [4.69, 9.17) is 16.3 Å². The van der Waals surface area contributed by atoms with Crippen LogP contribution in [0, 0.1) is 13.8 Å². The number of ether oxygens (including phenoxy) is 1. The van der Waals surface area contributed by atoms with E-state index in [-0.39, 0.29) is 28.9 Å². The normalized spacial score (nSPS) is 15.7. The van der Waals surface area contributed by atoms with Crippen molar-refractivity contribution in [3.05, 3.63) is 67.3 Å². The Bertz CT molecular complexity index is 1620. The lowest BCUT2D eigenvalue weighted by Gasteiger charge is -2.33. The molecule has 0 bridgehead atoms. The molecule has 12 heteroatoms. The fraction of sp³-hybridized carbons (Fsp3) is 0.346. The maximum Gasteiger partial charge on any atom is 0.407 e. The van der Waals surface area contributed by atoms with Gasteiger partial charge >= 0.3 is 11.8 Å². The van der Waals surface area contributed by atoms with Crippen LogP contribution in [0.4, 0.5) is 4.79 Å². The molecule has 0 spiro atoms. The Morgan fingerprint density at radius 1 is 1.16 bits per heavy atom. The predicted molar refractivity (Wildman–Crippen MR) is 143 cm³/mol. The van der Waals surface area contributed by atoms with Gasteiger partial charge in [-0.05, 0) is 61.2 Å². The second-order valence-corrected chi connectivity index (χ2v) is 9.97. The minimum atomic E-state index is -0.940. The molecule has 1 amide bonds. The van der Waals surface area contributed by atoms with Gasteiger partial charge in [0.2, 0.25) is 0 Å². The van der Waals surface area contributed by atoms with Gasteiger partial charge in [-0.3, -0.25) is 4.79 Å². The molecule has 0 aliphatic carbocycles. The Balaban J connectivity index is 1.64. The number of carboxylic acid groups (broad SMARTS) is 1. The molecule has 38 heavy (non-hydrogen) atoms. The van der Waals surface area contributed by atoms with Gasteiger partial charge in [-0.1, -0.05) is 40.9 Å². The Hall–Kier alpha value is -4.12. The summed E-state index contributed by atoms with van der Waals surface area (Å²) < 4.78 is 7.35. The molecule has 1 aliphatic heterocycles. The highest BCUT2D eigenvalue weighted by Crippen LogP contribution is 2.37. The summed E-state index contributed by atoms with van der Waals surface area (Å²) in [6.45, 7) is 4.58. The van der Waals surface area contributed by atoms with Crippen molar-refractivity contribution in [2.24, 2.45) is 0 Å². The number of nitrogens with one attached hydrogen (secondary N) is 2. The van der Waals surface area contributed by atoms with Crippen molar-refractivity contribution in [3.8, 4) is 22.6 Å². The number of piperidine rings is 1. The van der Waals surface area contributed by atoms with Gasteiger partial charge in [0, 0.05) is 24.4 Å². The summed E-state index contributed by atoms with van der Waals surface area (Å²) in [5.41, 5.74) is 2.75. The zero-order valence-electron chi connectivity index (χ0n) is 21.0. The van der Waals surface area contributed by atoms with Crippen molar-refractivity contribution in [2.45, 2.75) is 45.6 Å². The first-order valence-corrected chi connectivity index (χ1v) is 12.7. The van der Waals surface area contributed by atoms with Crippen molar-refractivity contribution >= 4 is 28.6 Å². The van der Waals surface area contributed by atoms with E-state index >= 15 is 0 Å². The highest BCUT2D eigenvalue weighted by atomic mass is 35.5. The minimum absolute atomic E-state index is 0.169. The van der Waals surface area contributed by atoms with Gasteiger partial charge in [0.25, 0.3) is 5.56 Å². The number of amides is 1. The van der Waals surface area contributed by atoms with Crippen LogP contribution in [-0.4, -0.2) is 60.5 Å². The summed E-state index contributed by atoms with van der Waals surface area (Å²) in [7, 11) is 0. The quantitative estimate of drug-likeness (QED) is 0.336. The first-order valence-electron chi connectivity index (χ1n) is 12.3. The van der Waals surface area contributed by atoms with E-state index < -0.39 is 11.8 Å². The lowest BCUT2D eigenvalue weighted by molar-refractivity contribution is 0.0969. The Labute approximate surface area is 222 Å². The number of carbonyl (C=O) groups is 1. The number of pyridine rings is 1. The molecule has 3 N–H and O–H groups in total. The number of H-pyrrole nitrogens is 2. The molecule has 198 valence electrons. The molecule has 3 heterocycles.